The Kier molecular flexibility index (Phi) is 4.10. The van der Waals surface area contributed by atoms with E-state index in [1.807, 2.05) is 42.9 Å². The number of hydrogen-bond acceptors (Lipinski definition) is 3. The van der Waals surface area contributed by atoms with Crippen LogP contribution >= 0.6 is 11.6 Å². The molecule has 18 heavy (non-hydrogen) atoms. The van der Waals surface area contributed by atoms with Crippen molar-refractivity contribution in [2.45, 2.75) is 12.8 Å². The van der Waals surface area contributed by atoms with E-state index in [0.717, 1.165) is 22.9 Å². The summed E-state index contributed by atoms with van der Waals surface area (Å²) in [6.45, 7) is 2.59. The van der Waals surface area contributed by atoms with Crippen LogP contribution in [-0.2, 0) is 12.9 Å². The van der Waals surface area contributed by atoms with Gasteiger partial charge in [0, 0.05) is 30.7 Å². The lowest BCUT2D eigenvalue weighted by Gasteiger charge is -2.11. The minimum atomic E-state index is 0.422. The van der Waals surface area contributed by atoms with E-state index in [4.69, 9.17) is 16.3 Å². The van der Waals surface area contributed by atoms with Crippen LogP contribution in [0, 0.1) is 0 Å². The summed E-state index contributed by atoms with van der Waals surface area (Å²) in [5.41, 5.74) is 1.92. The number of imidazole rings is 1. The van der Waals surface area contributed by atoms with Crippen molar-refractivity contribution in [1.29, 1.82) is 0 Å². The van der Waals surface area contributed by atoms with Gasteiger partial charge in [-0.2, -0.15) is 0 Å². The average molecular weight is 266 g/mol. The SMILES string of the molecule is CCOc1ccc(Nc2nccn2C)cc1CCl. The first-order valence-corrected chi connectivity index (χ1v) is 6.34. The monoisotopic (exact) mass is 265 g/mol. The van der Waals surface area contributed by atoms with Crippen LogP contribution in [0.3, 0.4) is 0 Å². The molecule has 2 rings (SSSR count). The second kappa shape index (κ2) is 5.78. The molecule has 0 radical (unpaired) electrons. The van der Waals surface area contributed by atoms with Gasteiger partial charge in [0.1, 0.15) is 5.75 Å². The Morgan fingerprint density at radius 1 is 1.44 bits per heavy atom. The minimum Gasteiger partial charge on any atom is -0.494 e. The third kappa shape index (κ3) is 2.76. The number of nitrogens with zero attached hydrogens (tertiary/aromatic N) is 2. The van der Waals surface area contributed by atoms with Crippen molar-refractivity contribution in [1.82, 2.24) is 9.55 Å². The van der Waals surface area contributed by atoms with Crippen molar-refractivity contribution in [2.75, 3.05) is 11.9 Å². The van der Waals surface area contributed by atoms with Crippen LogP contribution in [0.1, 0.15) is 12.5 Å². The molecule has 0 aliphatic carbocycles. The van der Waals surface area contributed by atoms with E-state index in [1.54, 1.807) is 6.20 Å². The van der Waals surface area contributed by atoms with Crippen molar-refractivity contribution in [2.24, 2.45) is 7.05 Å². The van der Waals surface area contributed by atoms with Crippen LogP contribution in [0.4, 0.5) is 11.6 Å². The zero-order chi connectivity index (χ0) is 13.0. The van der Waals surface area contributed by atoms with E-state index in [9.17, 15) is 0 Å². The quantitative estimate of drug-likeness (QED) is 0.843. The number of benzene rings is 1. The summed E-state index contributed by atoms with van der Waals surface area (Å²) in [7, 11) is 1.94. The number of aryl methyl sites for hydroxylation is 1. The van der Waals surface area contributed by atoms with Gasteiger partial charge in [0.05, 0.1) is 12.5 Å². The number of aromatic nitrogens is 2. The van der Waals surface area contributed by atoms with Gasteiger partial charge in [-0.3, -0.25) is 0 Å². The lowest BCUT2D eigenvalue weighted by Crippen LogP contribution is -2.00. The van der Waals surface area contributed by atoms with Crippen LogP contribution in [0.5, 0.6) is 5.75 Å². The number of halogens is 1. The Morgan fingerprint density at radius 3 is 2.89 bits per heavy atom. The summed E-state index contributed by atoms with van der Waals surface area (Å²) in [6.07, 6.45) is 3.64. The van der Waals surface area contributed by atoms with Gasteiger partial charge >= 0.3 is 0 Å². The molecule has 5 heteroatoms. The molecule has 0 spiro atoms. The number of hydrogen-bond donors (Lipinski definition) is 1. The molecule has 2 aromatic rings. The van der Waals surface area contributed by atoms with Crippen molar-refractivity contribution in [3.63, 3.8) is 0 Å². The zero-order valence-corrected chi connectivity index (χ0v) is 11.2. The van der Waals surface area contributed by atoms with E-state index in [-0.39, 0.29) is 0 Å². The largest absolute Gasteiger partial charge is 0.494 e. The molecule has 0 aliphatic rings. The minimum absolute atomic E-state index is 0.422. The molecule has 0 saturated heterocycles. The Labute approximate surface area is 112 Å². The van der Waals surface area contributed by atoms with Gasteiger partial charge in [0.25, 0.3) is 0 Å². The van der Waals surface area contributed by atoms with Crippen LogP contribution in [-0.4, -0.2) is 16.2 Å². The van der Waals surface area contributed by atoms with E-state index < -0.39 is 0 Å². The van der Waals surface area contributed by atoms with Gasteiger partial charge in [-0.1, -0.05) is 0 Å². The number of anilines is 2. The molecular weight excluding hydrogens is 250 g/mol. The normalized spacial score (nSPS) is 10.4. The summed E-state index contributed by atoms with van der Waals surface area (Å²) < 4.78 is 7.42. The van der Waals surface area contributed by atoms with Crippen molar-refractivity contribution in [3.05, 3.63) is 36.2 Å². The summed E-state index contributed by atoms with van der Waals surface area (Å²) in [4.78, 5) is 4.21. The lowest BCUT2D eigenvalue weighted by molar-refractivity contribution is 0.337. The summed E-state index contributed by atoms with van der Waals surface area (Å²) in [5, 5.41) is 3.23. The smallest absolute Gasteiger partial charge is 0.207 e. The molecule has 4 nitrogen and oxygen atoms in total. The Bertz CT molecular complexity index is 525. The summed E-state index contributed by atoms with van der Waals surface area (Å²) in [5.74, 6) is 2.04. The highest BCUT2D eigenvalue weighted by atomic mass is 35.5. The second-order valence-electron chi connectivity index (χ2n) is 3.88. The molecule has 1 N–H and O–H groups in total. The Balaban J connectivity index is 2.22. The van der Waals surface area contributed by atoms with Crippen molar-refractivity contribution < 1.29 is 4.74 Å². The summed E-state index contributed by atoms with van der Waals surface area (Å²) in [6, 6.07) is 5.86. The second-order valence-corrected chi connectivity index (χ2v) is 4.14. The topological polar surface area (TPSA) is 39.1 Å². The summed E-state index contributed by atoms with van der Waals surface area (Å²) >= 11 is 5.92. The predicted octanol–water partition coefficient (Wildman–Crippen LogP) is 3.30. The first-order valence-electron chi connectivity index (χ1n) is 5.80. The number of rotatable bonds is 5. The highest BCUT2D eigenvalue weighted by molar-refractivity contribution is 6.17. The molecule has 1 aromatic heterocycles. The fourth-order valence-electron chi connectivity index (χ4n) is 1.67. The maximum atomic E-state index is 5.92. The Hall–Kier alpha value is -1.68. The first kappa shape index (κ1) is 12.8. The molecule has 0 unspecified atom stereocenters. The van der Waals surface area contributed by atoms with E-state index in [0.29, 0.717) is 12.5 Å². The Morgan fingerprint density at radius 2 is 2.28 bits per heavy atom. The van der Waals surface area contributed by atoms with E-state index in [1.165, 1.54) is 0 Å². The van der Waals surface area contributed by atoms with Crippen LogP contribution < -0.4 is 10.1 Å². The highest BCUT2D eigenvalue weighted by Gasteiger charge is 2.05. The number of ether oxygens (including phenoxy) is 1. The van der Waals surface area contributed by atoms with E-state index >= 15 is 0 Å². The van der Waals surface area contributed by atoms with Gasteiger partial charge in [0.15, 0.2) is 0 Å². The maximum Gasteiger partial charge on any atom is 0.207 e. The van der Waals surface area contributed by atoms with Gasteiger partial charge in [-0.25, -0.2) is 4.98 Å². The fourth-order valence-corrected chi connectivity index (χ4v) is 1.88. The number of nitrogens with one attached hydrogen (secondary N) is 1. The van der Waals surface area contributed by atoms with Gasteiger partial charge < -0.3 is 14.6 Å². The maximum absolute atomic E-state index is 5.92. The molecular formula is C13H16ClN3O. The van der Waals surface area contributed by atoms with Crippen LogP contribution in [0.15, 0.2) is 30.6 Å². The average Bonchev–Trinajstić information content (AvgIpc) is 2.77. The van der Waals surface area contributed by atoms with Crippen LogP contribution in [0.25, 0.3) is 0 Å². The van der Waals surface area contributed by atoms with Crippen molar-refractivity contribution >= 4 is 23.2 Å². The first-order chi connectivity index (χ1) is 8.74. The molecule has 0 amide bonds. The third-order valence-corrected chi connectivity index (χ3v) is 2.87. The highest BCUT2D eigenvalue weighted by Crippen LogP contribution is 2.26. The fraction of sp³-hybridized carbons (Fsp3) is 0.308. The van der Waals surface area contributed by atoms with Gasteiger partial charge in [-0.05, 0) is 25.1 Å². The molecule has 0 aliphatic heterocycles. The molecule has 0 saturated carbocycles. The molecule has 1 heterocycles. The van der Waals surface area contributed by atoms with E-state index in [2.05, 4.69) is 10.3 Å². The van der Waals surface area contributed by atoms with Gasteiger partial charge in [0.2, 0.25) is 5.95 Å². The third-order valence-electron chi connectivity index (χ3n) is 2.58. The lowest BCUT2D eigenvalue weighted by atomic mass is 10.2. The number of alkyl halides is 1. The predicted molar refractivity (Wildman–Crippen MR) is 73.7 cm³/mol. The standard InChI is InChI=1S/C13H16ClN3O/c1-3-18-12-5-4-11(8-10(12)9-14)16-13-15-6-7-17(13)2/h4-8H,3,9H2,1-2H3,(H,15,16). The van der Waals surface area contributed by atoms with Gasteiger partial charge in [-0.15, -0.1) is 11.6 Å². The molecule has 0 atom stereocenters. The molecule has 1 aromatic carbocycles. The molecule has 0 bridgehead atoms. The zero-order valence-electron chi connectivity index (χ0n) is 10.5. The molecule has 0 fully saturated rings. The van der Waals surface area contributed by atoms with Crippen LogP contribution in [0.2, 0.25) is 0 Å². The van der Waals surface area contributed by atoms with Crippen molar-refractivity contribution in [3.8, 4) is 5.75 Å². The molecule has 96 valence electrons.